The first kappa shape index (κ1) is 19.5. The summed E-state index contributed by atoms with van der Waals surface area (Å²) in [5.41, 5.74) is 8.68. The Bertz CT molecular complexity index is 675. The number of rotatable bonds is 4. The molecule has 2 aromatic rings. The highest BCUT2D eigenvalue weighted by Crippen LogP contribution is 2.32. The maximum Gasteiger partial charge on any atom is 0.230 e. The van der Waals surface area contributed by atoms with Gasteiger partial charge in [0.05, 0.1) is 5.92 Å². The van der Waals surface area contributed by atoms with Crippen LogP contribution in [0.2, 0.25) is 0 Å². The fraction of sp³-hybridized carbons (Fsp3) is 0.381. The third-order valence-corrected chi connectivity index (χ3v) is 5.00. The molecule has 1 saturated heterocycles. The van der Waals surface area contributed by atoms with E-state index in [1.165, 1.54) is 5.56 Å². The molecule has 1 aliphatic rings. The van der Waals surface area contributed by atoms with Crippen molar-refractivity contribution in [2.75, 3.05) is 13.1 Å². The molecule has 3 rings (SSSR count). The summed E-state index contributed by atoms with van der Waals surface area (Å²) >= 11 is 0. The SMILES string of the molecule is CC(C)C(C(=O)N1C[C@@H](N)[C@H](c2ccccc2)C1)c1ccccc1.Cl. The van der Waals surface area contributed by atoms with Gasteiger partial charge in [-0.15, -0.1) is 12.4 Å². The van der Waals surface area contributed by atoms with E-state index >= 15 is 0 Å². The van der Waals surface area contributed by atoms with Crippen LogP contribution < -0.4 is 5.73 Å². The van der Waals surface area contributed by atoms with E-state index in [1.807, 2.05) is 53.4 Å². The normalized spacial score (nSPS) is 21.0. The summed E-state index contributed by atoms with van der Waals surface area (Å²) in [6.07, 6.45) is 0. The third kappa shape index (κ3) is 4.23. The van der Waals surface area contributed by atoms with Crippen LogP contribution in [-0.2, 0) is 4.79 Å². The maximum absolute atomic E-state index is 13.2. The molecule has 0 aliphatic carbocycles. The van der Waals surface area contributed by atoms with Crippen molar-refractivity contribution >= 4 is 18.3 Å². The van der Waals surface area contributed by atoms with Crippen LogP contribution in [0.4, 0.5) is 0 Å². The fourth-order valence-electron chi connectivity index (χ4n) is 3.73. The number of benzene rings is 2. The Morgan fingerprint density at radius 2 is 1.56 bits per heavy atom. The number of halogens is 1. The molecule has 0 aromatic heterocycles. The molecule has 134 valence electrons. The van der Waals surface area contributed by atoms with Crippen molar-refractivity contribution in [2.45, 2.75) is 31.7 Å². The molecular formula is C21H27ClN2O. The van der Waals surface area contributed by atoms with Crippen molar-refractivity contribution in [1.82, 2.24) is 4.90 Å². The zero-order valence-corrected chi connectivity index (χ0v) is 15.7. The number of hydrogen-bond donors (Lipinski definition) is 1. The molecule has 1 aliphatic heterocycles. The Balaban J connectivity index is 0.00000225. The molecule has 2 aromatic carbocycles. The smallest absolute Gasteiger partial charge is 0.230 e. The molecule has 25 heavy (non-hydrogen) atoms. The number of carbonyl (C=O) groups is 1. The Morgan fingerprint density at radius 1 is 1.00 bits per heavy atom. The number of carbonyl (C=O) groups excluding carboxylic acids is 1. The van der Waals surface area contributed by atoms with Crippen molar-refractivity contribution in [3.8, 4) is 0 Å². The summed E-state index contributed by atoms with van der Waals surface area (Å²) < 4.78 is 0. The summed E-state index contributed by atoms with van der Waals surface area (Å²) in [6.45, 7) is 5.56. The maximum atomic E-state index is 13.2. The summed E-state index contributed by atoms with van der Waals surface area (Å²) in [6, 6.07) is 20.4. The molecule has 0 radical (unpaired) electrons. The topological polar surface area (TPSA) is 46.3 Å². The second-order valence-electron chi connectivity index (χ2n) is 7.06. The number of hydrogen-bond acceptors (Lipinski definition) is 2. The summed E-state index contributed by atoms with van der Waals surface area (Å²) in [5, 5.41) is 0. The largest absolute Gasteiger partial charge is 0.340 e. The van der Waals surface area contributed by atoms with E-state index in [9.17, 15) is 4.79 Å². The highest BCUT2D eigenvalue weighted by Gasteiger charge is 2.37. The first-order valence-corrected chi connectivity index (χ1v) is 8.72. The minimum Gasteiger partial charge on any atom is -0.340 e. The standard InChI is InChI=1S/C21H26N2O.ClH/c1-15(2)20(17-11-7-4-8-12-17)21(24)23-13-18(19(22)14-23)16-9-5-3-6-10-16;/h3-12,15,18-20H,13-14,22H2,1-2H3;1H/t18-,19+,20?;/m0./s1. The molecule has 0 spiro atoms. The van der Waals surface area contributed by atoms with Crippen molar-refractivity contribution in [1.29, 1.82) is 0 Å². The quantitative estimate of drug-likeness (QED) is 0.903. The van der Waals surface area contributed by atoms with Crippen molar-refractivity contribution in [3.05, 3.63) is 71.8 Å². The zero-order valence-electron chi connectivity index (χ0n) is 14.8. The first-order valence-electron chi connectivity index (χ1n) is 8.72. The lowest BCUT2D eigenvalue weighted by Gasteiger charge is -2.26. The van der Waals surface area contributed by atoms with Crippen LogP contribution in [-0.4, -0.2) is 29.9 Å². The number of likely N-dealkylation sites (tertiary alicyclic amines) is 1. The predicted octanol–water partition coefficient (Wildman–Crippen LogP) is 3.80. The third-order valence-electron chi connectivity index (χ3n) is 5.00. The Kier molecular flexibility index (Phi) is 6.63. The van der Waals surface area contributed by atoms with Crippen LogP contribution in [0.1, 0.15) is 36.8 Å². The molecule has 1 fully saturated rings. The lowest BCUT2D eigenvalue weighted by Crippen LogP contribution is -2.37. The van der Waals surface area contributed by atoms with Gasteiger partial charge in [-0.1, -0.05) is 74.5 Å². The van der Waals surface area contributed by atoms with E-state index < -0.39 is 0 Å². The van der Waals surface area contributed by atoms with E-state index in [-0.39, 0.29) is 42.1 Å². The van der Waals surface area contributed by atoms with Gasteiger partial charge >= 0.3 is 0 Å². The van der Waals surface area contributed by atoms with Gasteiger partial charge in [0.1, 0.15) is 0 Å². The average Bonchev–Trinajstić information content (AvgIpc) is 2.98. The summed E-state index contributed by atoms with van der Waals surface area (Å²) in [5.74, 6) is 0.573. The Hall–Kier alpha value is -1.84. The van der Waals surface area contributed by atoms with Gasteiger partial charge in [0, 0.05) is 25.0 Å². The highest BCUT2D eigenvalue weighted by molar-refractivity contribution is 5.85. The minimum atomic E-state index is -0.104. The number of nitrogens with zero attached hydrogens (tertiary/aromatic N) is 1. The van der Waals surface area contributed by atoms with Crippen LogP contribution >= 0.6 is 12.4 Å². The molecule has 1 heterocycles. The molecule has 1 amide bonds. The lowest BCUT2D eigenvalue weighted by molar-refractivity contribution is -0.132. The molecular weight excluding hydrogens is 332 g/mol. The van der Waals surface area contributed by atoms with Crippen LogP contribution in [0.5, 0.6) is 0 Å². The van der Waals surface area contributed by atoms with Crippen molar-refractivity contribution in [3.63, 3.8) is 0 Å². The summed E-state index contributed by atoms with van der Waals surface area (Å²) in [4.78, 5) is 15.1. The molecule has 0 saturated carbocycles. The second kappa shape index (κ2) is 8.50. The molecule has 3 atom stereocenters. The van der Waals surface area contributed by atoms with Gasteiger partial charge in [-0.3, -0.25) is 4.79 Å². The Labute approximate surface area is 156 Å². The second-order valence-corrected chi connectivity index (χ2v) is 7.06. The minimum absolute atomic E-state index is 0. The van der Waals surface area contributed by atoms with E-state index in [2.05, 4.69) is 26.0 Å². The van der Waals surface area contributed by atoms with E-state index in [1.54, 1.807) is 0 Å². The van der Waals surface area contributed by atoms with E-state index in [0.717, 1.165) is 5.56 Å². The monoisotopic (exact) mass is 358 g/mol. The lowest BCUT2D eigenvalue weighted by atomic mass is 9.87. The van der Waals surface area contributed by atoms with Crippen molar-refractivity contribution in [2.24, 2.45) is 11.7 Å². The zero-order chi connectivity index (χ0) is 17.1. The average molecular weight is 359 g/mol. The van der Waals surface area contributed by atoms with Gasteiger partial charge in [-0.05, 0) is 17.0 Å². The summed E-state index contributed by atoms with van der Waals surface area (Å²) in [7, 11) is 0. The molecule has 0 bridgehead atoms. The van der Waals surface area contributed by atoms with Crippen LogP contribution in [0, 0.1) is 5.92 Å². The van der Waals surface area contributed by atoms with Gasteiger partial charge in [-0.25, -0.2) is 0 Å². The van der Waals surface area contributed by atoms with Crippen molar-refractivity contribution < 1.29 is 4.79 Å². The number of amides is 1. The molecule has 2 N–H and O–H groups in total. The van der Waals surface area contributed by atoms with Gasteiger partial charge < -0.3 is 10.6 Å². The van der Waals surface area contributed by atoms with Crippen LogP contribution in [0.3, 0.4) is 0 Å². The van der Waals surface area contributed by atoms with Gasteiger partial charge in [0.15, 0.2) is 0 Å². The van der Waals surface area contributed by atoms with Crippen LogP contribution in [0.15, 0.2) is 60.7 Å². The molecule has 1 unspecified atom stereocenters. The molecule has 3 nitrogen and oxygen atoms in total. The Morgan fingerprint density at radius 3 is 2.12 bits per heavy atom. The number of nitrogens with two attached hydrogens (primary N) is 1. The van der Waals surface area contributed by atoms with Gasteiger partial charge in [-0.2, -0.15) is 0 Å². The van der Waals surface area contributed by atoms with Gasteiger partial charge in [0.2, 0.25) is 5.91 Å². The van der Waals surface area contributed by atoms with Gasteiger partial charge in [0.25, 0.3) is 0 Å². The predicted molar refractivity (Wildman–Crippen MR) is 105 cm³/mol. The highest BCUT2D eigenvalue weighted by atomic mass is 35.5. The van der Waals surface area contributed by atoms with E-state index in [0.29, 0.717) is 13.1 Å². The molecule has 4 heteroatoms. The van der Waals surface area contributed by atoms with E-state index in [4.69, 9.17) is 5.73 Å². The fourth-order valence-corrected chi connectivity index (χ4v) is 3.73. The van der Waals surface area contributed by atoms with Crippen LogP contribution in [0.25, 0.3) is 0 Å². The first-order chi connectivity index (χ1) is 11.6.